The lowest BCUT2D eigenvalue weighted by atomic mass is 9.82. The van der Waals surface area contributed by atoms with Crippen LogP contribution >= 0.6 is 0 Å². The average Bonchev–Trinajstić information content (AvgIpc) is 2.28. The van der Waals surface area contributed by atoms with Crippen molar-refractivity contribution in [1.82, 2.24) is 4.90 Å². The van der Waals surface area contributed by atoms with Crippen LogP contribution in [0.25, 0.3) is 0 Å². The van der Waals surface area contributed by atoms with Crippen molar-refractivity contribution in [2.75, 3.05) is 19.6 Å². The lowest BCUT2D eigenvalue weighted by Gasteiger charge is -2.47. The van der Waals surface area contributed by atoms with Gasteiger partial charge in [0.1, 0.15) is 0 Å². The quantitative estimate of drug-likeness (QED) is 0.840. The smallest absolute Gasteiger partial charge is 0.0757 e. The minimum absolute atomic E-state index is 0.0280. The topological polar surface area (TPSA) is 38.5 Å². The van der Waals surface area contributed by atoms with Gasteiger partial charge in [-0.15, -0.1) is 0 Å². The SMILES string of the molecule is CC1CN(C(CN)C2CCCCC2)CC(C)(C)O1. The number of ether oxygens (including phenoxy) is 1. The van der Waals surface area contributed by atoms with Gasteiger partial charge in [-0.2, -0.15) is 0 Å². The van der Waals surface area contributed by atoms with Crippen LogP contribution in [-0.4, -0.2) is 42.3 Å². The van der Waals surface area contributed by atoms with Gasteiger partial charge in [-0.1, -0.05) is 19.3 Å². The van der Waals surface area contributed by atoms with Gasteiger partial charge in [0, 0.05) is 25.7 Å². The van der Waals surface area contributed by atoms with E-state index in [1.54, 1.807) is 0 Å². The molecule has 2 fully saturated rings. The van der Waals surface area contributed by atoms with Gasteiger partial charge in [-0.05, 0) is 39.5 Å². The highest BCUT2D eigenvalue weighted by Crippen LogP contribution is 2.31. The van der Waals surface area contributed by atoms with Crippen molar-refractivity contribution >= 4 is 0 Å². The van der Waals surface area contributed by atoms with Crippen LogP contribution in [0.5, 0.6) is 0 Å². The van der Waals surface area contributed by atoms with Crippen molar-refractivity contribution in [1.29, 1.82) is 0 Å². The van der Waals surface area contributed by atoms with Crippen molar-refractivity contribution < 1.29 is 4.74 Å². The first-order chi connectivity index (χ1) is 8.52. The van der Waals surface area contributed by atoms with E-state index < -0.39 is 0 Å². The molecule has 18 heavy (non-hydrogen) atoms. The summed E-state index contributed by atoms with van der Waals surface area (Å²) in [4.78, 5) is 2.60. The Hall–Kier alpha value is -0.120. The Bertz CT molecular complexity index is 261. The first kappa shape index (κ1) is 14.3. The highest BCUT2D eigenvalue weighted by atomic mass is 16.5. The molecule has 1 saturated carbocycles. The summed E-state index contributed by atoms with van der Waals surface area (Å²) in [5.74, 6) is 0.810. The van der Waals surface area contributed by atoms with Gasteiger partial charge >= 0.3 is 0 Å². The van der Waals surface area contributed by atoms with Crippen molar-refractivity contribution in [3.05, 3.63) is 0 Å². The molecule has 2 N–H and O–H groups in total. The molecule has 3 heteroatoms. The summed E-state index contributed by atoms with van der Waals surface area (Å²) in [6.07, 6.45) is 7.27. The van der Waals surface area contributed by atoms with Crippen molar-refractivity contribution in [3.63, 3.8) is 0 Å². The van der Waals surface area contributed by atoms with E-state index in [-0.39, 0.29) is 5.60 Å². The molecule has 0 aromatic carbocycles. The third-order valence-corrected chi connectivity index (χ3v) is 4.50. The van der Waals surface area contributed by atoms with Crippen LogP contribution in [0, 0.1) is 5.92 Å². The molecule has 2 aliphatic rings. The normalized spacial score (nSPS) is 32.3. The molecule has 0 aromatic rings. The van der Waals surface area contributed by atoms with E-state index in [1.165, 1.54) is 32.1 Å². The number of nitrogens with zero attached hydrogens (tertiary/aromatic N) is 1. The monoisotopic (exact) mass is 254 g/mol. The molecule has 1 heterocycles. The van der Waals surface area contributed by atoms with Gasteiger partial charge in [0.05, 0.1) is 11.7 Å². The van der Waals surface area contributed by atoms with E-state index in [1.807, 2.05) is 0 Å². The molecule has 2 atom stereocenters. The van der Waals surface area contributed by atoms with E-state index >= 15 is 0 Å². The largest absolute Gasteiger partial charge is 0.370 e. The van der Waals surface area contributed by atoms with E-state index in [2.05, 4.69) is 25.7 Å². The number of rotatable bonds is 3. The number of hydrogen-bond donors (Lipinski definition) is 1. The van der Waals surface area contributed by atoms with Crippen LogP contribution in [0.2, 0.25) is 0 Å². The summed E-state index contributed by atoms with van der Waals surface area (Å²) < 4.78 is 6.00. The molecular formula is C15H30N2O. The molecule has 1 saturated heterocycles. The second-order valence-corrected chi connectivity index (χ2v) is 6.82. The third kappa shape index (κ3) is 3.46. The summed E-state index contributed by atoms with van der Waals surface area (Å²) in [6, 6.07) is 0.566. The molecule has 2 unspecified atom stereocenters. The summed E-state index contributed by atoms with van der Waals surface area (Å²) in [7, 11) is 0. The lowest BCUT2D eigenvalue weighted by Crippen LogP contribution is -2.58. The van der Waals surface area contributed by atoms with E-state index in [9.17, 15) is 0 Å². The van der Waals surface area contributed by atoms with Gasteiger partial charge < -0.3 is 10.5 Å². The van der Waals surface area contributed by atoms with Gasteiger partial charge in [0.15, 0.2) is 0 Å². The fraction of sp³-hybridized carbons (Fsp3) is 1.00. The zero-order valence-electron chi connectivity index (χ0n) is 12.3. The molecule has 1 aliphatic heterocycles. The molecule has 0 spiro atoms. The number of nitrogens with two attached hydrogens (primary N) is 1. The standard InChI is InChI=1S/C15H30N2O/c1-12-10-17(11-15(2,3)18-12)14(9-16)13-7-5-4-6-8-13/h12-14H,4-11,16H2,1-3H3. The molecule has 0 radical (unpaired) electrons. The van der Waals surface area contributed by atoms with Crippen LogP contribution in [0.4, 0.5) is 0 Å². The van der Waals surface area contributed by atoms with E-state index in [0.29, 0.717) is 12.1 Å². The first-order valence-electron chi connectivity index (χ1n) is 7.64. The second-order valence-electron chi connectivity index (χ2n) is 6.82. The van der Waals surface area contributed by atoms with E-state index in [4.69, 9.17) is 10.5 Å². The fourth-order valence-corrected chi connectivity index (χ4v) is 3.91. The zero-order valence-corrected chi connectivity index (χ0v) is 12.3. The Morgan fingerprint density at radius 1 is 1.28 bits per heavy atom. The number of morpholine rings is 1. The Kier molecular flexibility index (Phi) is 4.68. The fourth-order valence-electron chi connectivity index (χ4n) is 3.91. The molecular weight excluding hydrogens is 224 g/mol. The highest BCUT2D eigenvalue weighted by Gasteiger charge is 2.37. The average molecular weight is 254 g/mol. The van der Waals surface area contributed by atoms with Gasteiger partial charge in [-0.25, -0.2) is 0 Å². The van der Waals surface area contributed by atoms with Gasteiger partial charge in [0.25, 0.3) is 0 Å². The van der Waals surface area contributed by atoms with E-state index in [0.717, 1.165) is 25.6 Å². The Balaban J connectivity index is 2.01. The Morgan fingerprint density at radius 3 is 2.50 bits per heavy atom. The van der Waals surface area contributed by atoms with Crippen LogP contribution in [-0.2, 0) is 4.74 Å². The summed E-state index contributed by atoms with van der Waals surface area (Å²) >= 11 is 0. The molecule has 1 aliphatic carbocycles. The summed E-state index contributed by atoms with van der Waals surface area (Å²) in [6.45, 7) is 9.45. The maximum absolute atomic E-state index is 6.09. The van der Waals surface area contributed by atoms with Crippen molar-refractivity contribution in [2.24, 2.45) is 11.7 Å². The maximum atomic E-state index is 6.09. The van der Waals surface area contributed by atoms with Crippen LogP contribution < -0.4 is 5.73 Å². The lowest BCUT2D eigenvalue weighted by molar-refractivity contribution is -0.142. The Labute approximate surface area is 112 Å². The summed E-state index contributed by atoms with van der Waals surface area (Å²) in [5, 5.41) is 0. The first-order valence-corrected chi connectivity index (χ1v) is 7.64. The zero-order chi connectivity index (χ0) is 13.2. The van der Waals surface area contributed by atoms with Crippen LogP contribution in [0.3, 0.4) is 0 Å². The minimum Gasteiger partial charge on any atom is -0.370 e. The minimum atomic E-state index is -0.0280. The molecule has 0 aromatic heterocycles. The molecule has 0 bridgehead atoms. The Morgan fingerprint density at radius 2 is 1.94 bits per heavy atom. The predicted molar refractivity (Wildman–Crippen MR) is 75.6 cm³/mol. The molecule has 106 valence electrons. The number of hydrogen-bond acceptors (Lipinski definition) is 3. The van der Waals surface area contributed by atoms with Crippen molar-refractivity contribution in [2.45, 2.75) is 70.6 Å². The van der Waals surface area contributed by atoms with Gasteiger partial charge in [0.2, 0.25) is 0 Å². The van der Waals surface area contributed by atoms with Crippen LogP contribution in [0.1, 0.15) is 52.9 Å². The molecule has 3 nitrogen and oxygen atoms in total. The third-order valence-electron chi connectivity index (χ3n) is 4.50. The molecule has 2 rings (SSSR count). The van der Waals surface area contributed by atoms with Crippen LogP contribution in [0.15, 0.2) is 0 Å². The van der Waals surface area contributed by atoms with Crippen molar-refractivity contribution in [3.8, 4) is 0 Å². The molecule has 0 amide bonds. The predicted octanol–water partition coefficient (Wildman–Crippen LogP) is 2.39. The highest BCUT2D eigenvalue weighted by molar-refractivity contribution is 4.90. The second kappa shape index (κ2) is 5.89. The van der Waals surface area contributed by atoms with Gasteiger partial charge in [-0.3, -0.25) is 4.90 Å². The maximum Gasteiger partial charge on any atom is 0.0757 e. The summed E-state index contributed by atoms with van der Waals surface area (Å²) in [5.41, 5.74) is 6.06.